The average molecular weight is 411 g/mol. The normalized spacial score (nSPS) is 20.5. The Bertz CT molecular complexity index is 534. The van der Waals surface area contributed by atoms with E-state index in [9.17, 15) is 4.79 Å². The van der Waals surface area contributed by atoms with Crippen LogP contribution in [0.5, 0.6) is 5.75 Å². The molecule has 1 amide bonds. The van der Waals surface area contributed by atoms with E-state index in [1.807, 2.05) is 29.2 Å². The number of carbonyl (C=O) groups excluding carboxylic acids is 1. The third kappa shape index (κ3) is 6.19. The Kier molecular flexibility index (Phi) is 9.90. The first-order valence-corrected chi connectivity index (χ1v) is 8.71. The summed E-state index contributed by atoms with van der Waals surface area (Å²) in [7, 11) is 0. The van der Waals surface area contributed by atoms with Gasteiger partial charge in [0.2, 0.25) is 5.91 Å². The third-order valence-corrected chi connectivity index (χ3v) is 4.91. The van der Waals surface area contributed by atoms with E-state index in [-0.39, 0.29) is 30.7 Å². The lowest BCUT2D eigenvalue weighted by molar-refractivity contribution is -0.136. The Balaban J connectivity index is 0.00000156. The van der Waals surface area contributed by atoms with Gasteiger partial charge in [-0.3, -0.25) is 9.69 Å². The van der Waals surface area contributed by atoms with Crippen LogP contribution in [0.4, 0.5) is 0 Å². The van der Waals surface area contributed by atoms with E-state index >= 15 is 0 Å². The largest absolute Gasteiger partial charge is 0.491 e. The molecule has 2 aliphatic heterocycles. The summed E-state index contributed by atoms with van der Waals surface area (Å²) < 4.78 is 5.73. The van der Waals surface area contributed by atoms with E-state index in [1.165, 1.54) is 0 Å². The monoisotopic (exact) mass is 409 g/mol. The van der Waals surface area contributed by atoms with E-state index in [0.717, 1.165) is 58.0 Å². The van der Waals surface area contributed by atoms with Crippen LogP contribution in [-0.2, 0) is 4.79 Å². The van der Waals surface area contributed by atoms with Crippen LogP contribution in [0.1, 0.15) is 6.42 Å². The van der Waals surface area contributed by atoms with Gasteiger partial charge in [0.05, 0.1) is 10.9 Å². The standard InChI is InChI=1S/C17H24ClN3O2.2ClH/c18-15-3-1-2-4-16(15)23-12-11-20-7-9-21(10-8-20)17(22)14-5-6-19-13-14;;/h1-4,14,19H,5-13H2;2*1H. The summed E-state index contributed by atoms with van der Waals surface area (Å²) in [6.07, 6.45) is 0.977. The van der Waals surface area contributed by atoms with Gasteiger partial charge >= 0.3 is 0 Å². The molecule has 2 aliphatic rings. The minimum atomic E-state index is 0. The maximum atomic E-state index is 12.4. The quantitative estimate of drug-likeness (QED) is 0.809. The van der Waals surface area contributed by atoms with E-state index in [2.05, 4.69) is 10.2 Å². The van der Waals surface area contributed by atoms with Crippen molar-refractivity contribution < 1.29 is 9.53 Å². The molecule has 1 atom stereocenters. The number of para-hydroxylation sites is 1. The van der Waals surface area contributed by atoms with E-state index in [0.29, 0.717) is 17.5 Å². The highest BCUT2D eigenvalue weighted by Gasteiger charge is 2.29. The molecule has 25 heavy (non-hydrogen) atoms. The number of nitrogens with one attached hydrogen (secondary N) is 1. The van der Waals surface area contributed by atoms with Crippen LogP contribution < -0.4 is 10.1 Å². The molecule has 0 spiro atoms. The minimum absolute atomic E-state index is 0. The summed E-state index contributed by atoms with van der Waals surface area (Å²) in [6, 6.07) is 7.53. The molecule has 0 radical (unpaired) electrons. The maximum Gasteiger partial charge on any atom is 0.227 e. The summed E-state index contributed by atoms with van der Waals surface area (Å²) in [6.45, 7) is 6.75. The SMILES string of the molecule is Cl.Cl.O=C(C1CCNC1)N1CCN(CCOc2ccccc2Cl)CC1. The number of piperazine rings is 1. The Morgan fingerprint density at radius 1 is 1.20 bits per heavy atom. The highest BCUT2D eigenvalue weighted by Crippen LogP contribution is 2.23. The molecule has 2 saturated heterocycles. The molecule has 8 heteroatoms. The lowest BCUT2D eigenvalue weighted by Gasteiger charge is -2.35. The lowest BCUT2D eigenvalue weighted by atomic mass is 10.1. The number of carbonyl (C=O) groups is 1. The van der Waals surface area contributed by atoms with E-state index in [4.69, 9.17) is 16.3 Å². The van der Waals surface area contributed by atoms with Crippen molar-refractivity contribution in [3.05, 3.63) is 29.3 Å². The first-order valence-electron chi connectivity index (χ1n) is 8.33. The number of amides is 1. The molecule has 1 aromatic carbocycles. The van der Waals surface area contributed by atoms with Crippen molar-refractivity contribution in [2.75, 3.05) is 52.4 Å². The van der Waals surface area contributed by atoms with Gasteiger partial charge in [-0.25, -0.2) is 0 Å². The number of hydrogen-bond acceptors (Lipinski definition) is 4. The predicted molar refractivity (Wildman–Crippen MR) is 105 cm³/mol. The zero-order valence-corrected chi connectivity index (χ0v) is 16.5. The van der Waals surface area contributed by atoms with Gasteiger partial charge in [0, 0.05) is 39.3 Å². The van der Waals surface area contributed by atoms with Crippen molar-refractivity contribution >= 4 is 42.3 Å². The van der Waals surface area contributed by atoms with Gasteiger partial charge in [0.25, 0.3) is 0 Å². The van der Waals surface area contributed by atoms with Gasteiger partial charge in [-0.05, 0) is 25.1 Å². The highest BCUT2D eigenvalue weighted by atomic mass is 35.5. The summed E-state index contributed by atoms with van der Waals surface area (Å²) in [5.41, 5.74) is 0. The fraction of sp³-hybridized carbons (Fsp3) is 0.588. The molecule has 0 saturated carbocycles. The van der Waals surface area contributed by atoms with Crippen LogP contribution in [0.25, 0.3) is 0 Å². The van der Waals surface area contributed by atoms with Crippen LogP contribution in [0, 0.1) is 5.92 Å². The van der Waals surface area contributed by atoms with Crippen molar-refractivity contribution in [2.24, 2.45) is 5.92 Å². The Morgan fingerprint density at radius 2 is 1.92 bits per heavy atom. The minimum Gasteiger partial charge on any atom is -0.491 e. The molecule has 2 fully saturated rings. The second-order valence-corrected chi connectivity index (χ2v) is 6.54. The van der Waals surface area contributed by atoms with E-state index in [1.54, 1.807) is 0 Å². The smallest absolute Gasteiger partial charge is 0.227 e. The van der Waals surface area contributed by atoms with Crippen LogP contribution in [0.15, 0.2) is 24.3 Å². The second kappa shape index (κ2) is 11.1. The summed E-state index contributed by atoms with van der Waals surface area (Å²) >= 11 is 6.07. The van der Waals surface area contributed by atoms with E-state index < -0.39 is 0 Å². The Morgan fingerprint density at radius 3 is 2.56 bits per heavy atom. The number of halogens is 3. The van der Waals surface area contributed by atoms with Crippen LogP contribution >= 0.6 is 36.4 Å². The maximum absolute atomic E-state index is 12.4. The van der Waals surface area contributed by atoms with Crippen molar-refractivity contribution in [1.29, 1.82) is 0 Å². The zero-order chi connectivity index (χ0) is 16.1. The molecule has 1 aromatic rings. The molecule has 1 N–H and O–H groups in total. The molecule has 0 bridgehead atoms. The van der Waals surface area contributed by atoms with Gasteiger partial charge in [-0.1, -0.05) is 23.7 Å². The summed E-state index contributed by atoms with van der Waals surface area (Å²) in [5, 5.41) is 3.91. The van der Waals surface area contributed by atoms with Crippen molar-refractivity contribution in [1.82, 2.24) is 15.1 Å². The van der Waals surface area contributed by atoms with Crippen LogP contribution in [0.3, 0.4) is 0 Å². The second-order valence-electron chi connectivity index (χ2n) is 6.14. The van der Waals surface area contributed by atoms with Gasteiger partial charge in [-0.15, -0.1) is 24.8 Å². The number of hydrogen-bond donors (Lipinski definition) is 1. The number of nitrogens with zero attached hydrogens (tertiary/aromatic N) is 2. The van der Waals surface area contributed by atoms with Crippen LogP contribution in [-0.4, -0.2) is 68.1 Å². The van der Waals surface area contributed by atoms with Crippen molar-refractivity contribution in [2.45, 2.75) is 6.42 Å². The zero-order valence-electron chi connectivity index (χ0n) is 14.2. The number of rotatable bonds is 5. The number of ether oxygens (including phenoxy) is 1. The Labute approximate surface area is 166 Å². The fourth-order valence-electron chi connectivity index (χ4n) is 3.16. The van der Waals surface area contributed by atoms with Crippen LogP contribution in [0.2, 0.25) is 5.02 Å². The average Bonchev–Trinajstić information content (AvgIpc) is 3.11. The first kappa shape index (κ1) is 22.3. The molecular formula is C17H26Cl3N3O2. The molecule has 142 valence electrons. The highest BCUT2D eigenvalue weighted by molar-refractivity contribution is 6.32. The topological polar surface area (TPSA) is 44.8 Å². The van der Waals surface area contributed by atoms with Gasteiger partial charge < -0.3 is 15.0 Å². The molecular weight excluding hydrogens is 385 g/mol. The lowest BCUT2D eigenvalue weighted by Crippen LogP contribution is -2.51. The molecule has 2 heterocycles. The first-order chi connectivity index (χ1) is 11.2. The Hall–Kier alpha value is -0.720. The summed E-state index contributed by atoms with van der Waals surface area (Å²) in [4.78, 5) is 16.7. The third-order valence-electron chi connectivity index (χ3n) is 4.60. The van der Waals surface area contributed by atoms with Crippen molar-refractivity contribution in [3.8, 4) is 5.75 Å². The molecule has 5 nitrogen and oxygen atoms in total. The van der Waals surface area contributed by atoms with Gasteiger partial charge in [-0.2, -0.15) is 0 Å². The van der Waals surface area contributed by atoms with Gasteiger partial charge in [0.1, 0.15) is 12.4 Å². The molecule has 1 unspecified atom stereocenters. The molecule has 0 aliphatic carbocycles. The number of benzene rings is 1. The molecule has 3 rings (SSSR count). The fourth-order valence-corrected chi connectivity index (χ4v) is 3.35. The summed E-state index contributed by atoms with van der Waals surface area (Å²) in [5.74, 6) is 1.24. The molecule has 0 aromatic heterocycles. The van der Waals surface area contributed by atoms with Crippen molar-refractivity contribution in [3.63, 3.8) is 0 Å². The van der Waals surface area contributed by atoms with Gasteiger partial charge in [0.15, 0.2) is 0 Å². The predicted octanol–water partition coefficient (Wildman–Crippen LogP) is 2.32.